The van der Waals surface area contributed by atoms with Crippen molar-refractivity contribution in [1.82, 2.24) is 19.5 Å². The van der Waals surface area contributed by atoms with Crippen molar-refractivity contribution < 1.29 is 32.6 Å². The number of esters is 1. The highest BCUT2D eigenvalue weighted by molar-refractivity contribution is 7.54. The van der Waals surface area contributed by atoms with Gasteiger partial charge in [-0.15, -0.1) is 0 Å². The zero-order valence-electron chi connectivity index (χ0n) is 15.3. The number of halogens is 1. The van der Waals surface area contributed by atoms with Crippen LogP contribution in [0.25, 0.3) is 11.2 Å². The van der Waals surface area contributed by atoms with Gasteiger partial charge in [-0.25, -0.2) is 19.7 Å². The van der Waals surface area contributed by atoms with Gasteiger partial charge in [-0.2, -0.15) is 0 Å². The summed E-state index contributed by atoms with van der Waals surface area (Å²) in [5.41, 5.74) is 0.560. The van der Waals surface area contributed by atoms with Gasteiger partial charge >= 0.3 is 13.6 Å². The molecule has 0 bridgehead atoms. The molecule has 1 unspecified atom stereocenters. The summed E-state index contributed by atoms with van der Waals surface area (Å²) in [4.78, 5) is 24.1. The standard InChI is InChI=1S/C15H16ClN4O7P/c1-23-11-8(27-15(21)12(11)24-2)5-9(28(22,25-3)26-4)20-7-19-10-13(16)17-6-18-14(10)20/h5-7,9H,1-4H3/b8-5-. The van der Waals surface area contributed by atoms with E-state index in [1.807, 2.05) is 0 Å². The molecule has 0 saturated heterocycles. The van der Waals surface area contributed by atoms with Crippen LogP contribution in [0.15, 0.2) is 36.0 Å². The van der Waals surface area contributed by atoms with E-state index in [0.717, 1.165) is 0 Å². The maximum absolute atomic E-state index is 13.3. The smallest absolute Gasteiger partial charge is 0.383 e. The van der Waals surface area contributed by atoms with Gasteiger partial charge in [0.2, 0.25) is 5.76 Å². The molecule has 0 radical (unpaired) electrons. The van der Waals surface area contributed by atoms with Gasteiger partial charge in [0.25, 0.3) is 5.76 Å². The molecule has 0 N–H and O–H groups in total. The normalized spacial score (nSPS) is 17.3. The van der Waals surface area contributed by atoms with E-state index in [-0.39, 0.29) is 33.6 Å². The Balaban J connectivity index is 2.22. The lowest BCUT2D eigenvalue weighted by Crippen LogP contribution is -2.11. The number of methoxy groups -OCH3 is 2. The first-order chi connectivity index (χ1) is 13.4. The Morgan fingerprint density at radius 1 is 1.14 bits per heavy atom. The van der Waals surface area contributed by atoms with Crippen LogP contribution in [-0.2, 0) is 32.6 Å². The molecule has 2 aromatic heterocycles. The minimum atomic E-state index is -3.80. The number of cyclic esters (lactones) is 1. The molecule has 0 amide bonds. The van der Waals surface area contributed by atoms with Crippen molar-refractivity contribution in [3.8, 4) is 0 Å². The zero-order valence-corrected chi connectivity index (χ0v) is 16.9. The van der Waals surface area contributed by atoms with Gasteiger partial charge in [0.15, 0.2) is 22.3 Å². The number of hydrogen-bond acceptors (Lipinski definition) is 10. The summed E-state index contributed by atoms with van der Waals surface area (Å²) >= 11 is 6.04. The van der Waals surface area contributed by atoms with Gasteiger partial charge < -0.3 is 23.3 Å². The van der Waals surface area contributed by atoms with E-state index in [9.17, 15) is 9.36 Å². The average molecular weight is 431 g/mol. The van der Waals surface area contributed by atoms with Crippen molar-refractivity contribution in [2.45, 2.75) is 5.78 Å². The Hall–Kier alpha value is -2.46. The van der Waals surface area contributed by atoms with E-state index in [1.165, 1.54) is 51.7 Å². The number of fused-ring (bicyclic) bond motifs is 1. The van der Waals surface area contributed by atoms with Gasteiger partial charge in [-0.1, -0.05) is 11.6 Å². The molecule has 3 heterocycles. The maximum Gasteiger partial charge on any atom is 0.383 e. The van der Waals surface area contributed by atoms with Crippen LogP contribution >= 0.6 is 19.2 Å². The van der Waals surface area contributed by atoms with E-state index in [1.54, 1.807) is 0 Å². The van der Waals surface area contributed by atoms with Crippen molar-refractivity contribution in [2.24, 2.45) is 0 Å². The Morgan fingerprint density at radius 2 is 1.82 bits per heavy atom. The van der Waals surface area contributed by atoms with Gasteiger partial charge in [0.1, 0.15) is 11.8 Å². The molecular formula is C15H16ClN4O7P. The lowest BCUT2D eigenvalue weighted by atomic mass is 10.3. The van der Waals surface area contributed by atoms with E-state index >= 15 is 0 Å². The second-order valence-electron chi connectivity index (χ2n) is 5.29. The van der Waals surface area contributed by atoms with E-state index in [4.69, 9.17) is 34.9 Å². The molecule has 0 aliphatic carbocycles. The highest BCUT2D eigenvalue weighted by atomic mass is 35.5. The first-order valence-electron chi connectivity index (χ1n) is 7.71. The molecule has 11 nitrogen and oxygen atoms in total. The summed E-state index contributed by atoms with van der Waals surface area (Å²) in [5, 5.41) is 0.117. The Bertz CT molecular complexity index is 1030. The highest BCUT2D eigenvalue weighted by Gasteiger charge is 2.40. The fourth-order valence-electron chi connectivity index (χ4n) is 2.64. The SMILES string of the molecule is COC1=C(OC)/C(=C/C(n2cnc3c(Cl)ncnc32)P(=O)(OC)OC)OC1=O. The molecular weight excluding hydrogens is 415 g/mol. The van der Waals surface area contributed by atoms with Crippen LogP contribution in [0.2, 0.25) is 5.15 Å². The third-order valence-corrected chi connectivity index (χ3v) is 6.30. The van der Waals surface area contributed by atoms with E-state index in [0.29, 0.717) is 0 Å². The van der Waals surface area contributed by atoms with Gasteiger partial charge in [-0.05, 0) is 6.08 Å². The van der Waals surface area contributed by atoms with Crippen LogP contribution in [0.1, 0.15) is 5.78 Å². The molecule has 0 saturated carbocycles. The summed E-state index contributed by atoms with van der Waals surface area (Å²) in [6, 6.07) is 0. The second-order valence-corrected chi connectivity index (χ2v) is 7.99. The highest BCUT2D eigenvalue weighted by Crippen LogP contribution is 2.59. The quantitative estimate of drug-likeness (QED) is 0.367. The number of nitrogens with zero attached hydrogens (tertiary/aromatic N) is 4. The van der Waals surface area contributed by atoms with Gasteiger partial charge in [-0.3, -0.25) is 9.13 Å². The Morgan fingerprint density at radius 3 is 2.43 bits per heavy atom. The largest absolute Gasteiger partial charge is 0.490 e. The van der Waals surface area contributed by atoms with E-state index in [2.05, 4.69) is 15.0 Å². The number of hydrogen-bond donors (Lipinski definition) is 0. The molecule has 2 aromatic rings. The fourth-order valence-corrected chi connectivity index (χ4v) is 4.19. The Labute approximate surface area is 164 Å². The lowest BCUT2D eigenvalue weighted by molar-refractivity contribution is -0.136. The zero-order chi connectivity index (χ0) is 20.5. The predicted octanol–water partition coefficient (Wildman–Crippen LogP) is 2.41. The molecule has 0 aromatic carbocycles. The number of imidazole rings is 1. The first-order valence-corrected chi connectivity index (χ1v) is 9.70. The van der Waals surface area contributed by atoms with Gasteiger partial charge in [0.05, 0.1) is 20.5 Å². The second kappa shape index (κ2) is 7.88. The summed E-state index contributed by atoms with van der Waals surface area (Å²) in [6.07, 6.45) is 3.92. The molecule has 0 fully saturated rings. The molecule has 13 heteroatoms. The van der Waals surface area contributed by atoms with Crippen LogP contribution in [0, 0.1) is 0 Å². The number of rotatable bonds is 7. The molecule has 3 rings (SSSR count). The van der Waals surface area contributed by atoms with Gasteiger partial charge in [0, 0.05) is 14.2 Å². The number of ether oxygens (including phenoxy) is 3. The average Bonchev–Trinajstić information content (AvgIpc) is 3.26. The minimum absolute atomic E-state index is 0.0225. The van der Waals surface area contributed by atoms with Crippen molar-refractivity contribution in [3.63, 3.8) is 0 Å². The van der Waals surface area contributed by atoms with Crippen LogP contribution in [-0.4, -0.2) is 53.9 Å². The number of aromatic nitrogens is 4. The Kier molecular flexibility index (Phi) is 5.71. The molecule has 1 atom stereocenters. The van der Waals surface area contributed by atoms with Crippen LogP contribution in [0.4, 0.5) is 0 Å². The molecule has 1 aliphatic heterocycles. The minimum Gasteiger partial charge on any atom is -0.490 e. The topological polar surface area (TPSA) is 124 Å². The van der Waals surface area contributed by atoms with Crippen LogP contribution in [0.3, 0.4) is 0 Å². The summed E-state index contributed by atoms with van der Waals surface area (Å²) in [5.74, 6) is -1.99. The van der Waals surface area contributed by atoms with Crippen LogP contribution in [0.5, 0.6) is 0 Å². The summed E-state index contributed by atoms with van der Waals surface area (Å²) in [6.45, 7) is 0. The number of carbonyl (C=O) groups excluding carboxylic acids is 1. The first kappa shape index (κ1) is 20.3. The fraction of sp³-hybridized carbons (Fsp3) is 0.333. The third kappa shape index (κ3) is 3.26. The molecule has 150 valence electrons. The summed E-state index contributed by atoms with van der Waals surface area (Å²) < 4.78 is 40.4. The van der Waals surface area contributed by atoms with Crippen molar-refractivity contribution in [2.75, 3.05) is 28.4 Å². The van der Waals surface area contributed by atoms with E-state index < -0.39 is 19.3 Å². The molecule has 28 heavy (non-hydrogen) atoms. The monoisotopic (exact) mass is 430 g/mol. The maximum atomic E-state index is 13.3. The number of carbonyl (C=O) groups is 1. The summed E-state index contributed by atoms with van der Waals surface area (Å²) in [7, 11) is 1.29. The third-order valence-electron chi connectivity index (χ3n) is 3.96. The van der Waals surface area contributed by atoms with Crippen molar-refractivity contribution in [1.29, 1.82) is 0 Å². The lowest BCUT2D eigenvalue weighted by Gasteiger charge is -2.23. The number of allylic oxidation sites excluding steroid dienone is 1. The van der Waals surface area contributed by atoms with Crippen molar-refractivity contribution in [3.05, 3.63) is 41.2 Å². The molecule has 1 aliphatic rings. The predicted molar refractivity (Wildman–Crippen MR) is 96.2 cm³/mol. The molecule has 0 spiro atoms. The van der Waals surface area contributed by atoms with Crippen LogP contribution < -0.4 is 0 Å². The van der Waals surface area contributed by atoms with Crippen molar-refractivity contribution >= 4 is 36.3 Å².